The number of aliphatic imine (C=N–C) groups is 1. The predicted octanol–water partition coefficient (Wildman–Crippen LogP) is 3.22. The fraction of sp³-hybridized carbons (Fsp3) is 0.435. The van der Waals surface area contributed by atoms with E-state index in [1.807, 2.05) is 37.3 Å². The molecule has 0 aromatic heterocycles. The van der Waals surface area contributed by atoms with Gasteiger partial charge in [0, 0.05) is 54.6 Å². The lowest BCUT2D eigenvalue weighted by Crippen LogP contribution is -2.44. The molecule has 1 fully saturated rings. The van der Waals surface area contributed by atoms with Crippen molar-refractivity contribution in [2.24, 2.45) is 4.99 Å². The van der Waals surface area contributed by atoms with Gasteiger partial charge >= 0.3 is 0 Å². The van der Waals surface area contributed by atoms with E-state index < -0.39 is 6.10 Å². The third-order valence-electron chi connectivity index (χ3n) is 5.25. The molecule has 0 spiro atoms. The first-order valence-corrected chi connectivity index (χ1v) is 10.9. The van der Waals surface area contributed by atoms with Gasteiger partial charge in [-0.3, -0.25) is 4.99 Å². The van der Waals surface area contributed by atoms with Crippen LogP contribution in [0.15, 0.2) is 47.5 Å². The van der Waals surface area contributed by atoms with Gasteiger partial charge in [0.2, 0.25) is 0 Å². The van der Waals surface area contributed by atoms with E-state index in [9.17, 15) is 5.11 Å². The first-order chi connectivity index (χ1) is 15.0. The van der Waals surface area contributed by atoms with Crippen LogP contribution in [0.25, 0.3) is 0 Å². The zero-order valence-corrected chi connectivity index (χ0v) is 19.0. The predicted molar refractivity (Wildman–Crippen MR) is 126 cm³/mol. The molecule has 3 N–H and O–H groups in total. The molecule has 7 nitrogen and oxygen atoms in total. The van der Waals surface area contributed by atoms with Gasteiger partial charge in [0.25, 0.3) is 0 Å². The van der Waals surface area contributed by atoms with Crippen LogP contribution < -0.4 is 25.0 Å². The number of nitrogens with one attached hydrogen (secondary N) is 2. The molecule has 0 radical (unpaired) electrons. The Balaban J connectivity index is 1.62. The summed E-state index contributed by atoms with van der Waals surface area (Å²) in [6.45, 7) is 4.78. The minimum atomic E-state index is -0.683. The van der Waals surface area contributed by atoms with E-state index in [1.165, 1.54) is 0 Å². The summed E-state index contributed by atoms with van der Waals surface area (Å²) < 4.78 is 10.8. The van der Waals surface area contributed by atoms with Gasteiger partial charge in [0.15, 0.2) is 5.96 Å². The lowest BCUT2D eigenvalue weighted by atomic mass is 10.1. The molecular formula is C23H31ClN4O3. The Kier molecular flexibility index (Phi) is 8.26. The summed E-state index contributed by atoms with van der Waals surface area (Å²) >= 11 is 5.92. The highest BCUT2D eigenvalue weighted by atomic mass is 35.5. The maximum absolute atomic E-state index is 10.4. The van der Waals surface area contributed by atoms with E-state index in [-0.39, 0.29) is 12.6 Å². The van der Waals surface area contributed by atoms with Crippen molar-refractivity contribution in [1.82, 2.24) is 10.6 Å². The molecular weight excluding hydrogens is 416 g/mol. The topological polar surface area (TPSA) is 78.4 Å². The fourth-order valence-electron chi connectivity index (χ4n) is 3.57. The quantitative estimate of drug-likeness (QED) is 0.427. The highest BCUT2D eigenvalue weighted by Crippen LogP contribution is 2.30. The van der Waals surface area contributed by atoms with Gasteiger partial charge in [0.05, 0.1) is 26.9 Å². The standard InChI is InChI=1S/C23H31ClN4O3/c1-4-25-23(26-14-22(29)16-5-7-17(24)8-6-16)27-18-9-10-28(15-18)19-11-20(30-2)13-21(12-19)31-3/h5-8,11-13,18,22,29H,4,9-10,14-15H2,1-3H3,(H2,25,26,27). The molecule has 2 atom stereocenters. The lowest BCUT2D eigenvalue weighted by Gasteiger charge is -2.21. The summed E-state index contributed by atoms with van der Waals surface area (Å²) in [7, 11) is 3.31. The second-order valence-electron chi connectivity index (χ2n) is 7.43. The lowest BCUT2D eigenvalue weighted by molar-refractivity contribution is 0.187. The van der Waals surface area contributed by atoms with E-state index in [0.717, 1.165) is 48.8 Å². The van der Waals surface area contributed by atoms with Crippen molar-refractivity contribution in [2.45, 2.75) is 25.5 Å². The van der Waals surface area contributed by atoms with Gasteiger partial charge in [0.1, 0.15) is 11.5 Å². The monoisotopic (exact) mass is 446 g/mol. The van der Waals surface area contributed by atoms with Crippen molar-refractivity contribution in [2.75, 3.05) is 45.3 Å². The van der Waals surface area contributed by atoms with Crippen molar-refractivity contribution in [3.63, 3.8) is 0 Å². The highest BCUT2D eigenvalue weighted by Gasteiger charge is 2.24. The van der Waals surface area contributed by atoms with Gasteiger partial charge in [-0.1, -0.05) is 23.7 Å². The number of aliphatic hydroxyl groups excluding tert-OH is 1. The second-order valence-corrected chi connectivity index (χ2v) is 7.87. The average molecular weight is 447 g/mol. The van der Waals surface area contributed by atoms with Gasteiger partial charge in [-0.15, -0.1) is 0 Å². The van der Waals surface area contributed by atoms with Crippen LogP contribution in [0.3, 0.4) is 0 Å². The number of aliphatic hydroxyl groups is 1. The minimum absolute atomic E-state index is 0.239. The summed E-state index contributed by atoms with van der Waals surface area (Å²) in [5, 5.41) is 17.8. The van der Waals surface area contributed by atoms with Gasteiger partial charge in [-0.2, -0.15) is 0 Å². The molecule has 2 unspecified atom stereocenters. The number of ether oxygens (including phenoxy) is 2. The third kappa shape index (κ3) is 6.42. The molecule has 1 aliphatic heterocycles. The number of halogens is 1. The molecule has 2 aromatic carbocycles. The summed E-state index contributed by atoms with van der Waals surface area (Å²) in [5.41, 5.74) is 1.86. The molecule has 31 heavy (non-hydrogen) atoms. The summed E-state index contributed by atoms with van der Waals surface area (Å²) in [6.07, 6.45) is 0.293. The normalized spacial score (nSPS) is 17.4. The van der Waals surface area contributed by atoms with Crippen molar-refractivity contribution in [1.29, 1.82) is 0 Å². The van der Waals surface area contributed by atoms with Crippen LogP contribution >= 0.6 is 11.6 Å². The number of rotatable bonds is 8. The molecule has 0 amide bonds. The Hall–Kier alpha value is -2.64. The number of anilines is 1. The Labute approximate surface area is 189 Å². The molecule has 1 saturated heterocycles. The Morgan fingerprint density at radius 1 is 1.19 bits per heavy atom. The zero-order valence-electron chi connectivity index (χ0n) is 18.3. The van der Waals surface area contributed by atoms with E-state index >= 15 is 0 Å². The minimum Gasteiger partial charge on any atom is -0.497 e. The van der Waals surface area contributed by atoms with E-state index in [2.05, 4.69) is 20.5 Å². The van der Waals surface area contributed by atoms with Crippen LogP contribution in [-0.2, 0) is 0 Å². The first kappa shape index (κ1) is 23.0. The van der Waals surface area contributed by atoms with Crippen LogP contribution in [-0.4, -0.2) is 57.5 Å². The van der Waals surface area contributed by atoms with Gasteiger partial charge in [-0.25, -0.2) is 0 Å². The van der Waals surface area contributed by atoms with Crippen molar-refractivity contribution in [3.8, 4) is 11.5 Å². The Morgan fingerprint density at radius 2 is 1.87 bits per heavy atom. The van der Waals surface area contributed by atoms with Crippen molar-refractivity contribution >= 4 is 23.2 Å². The molecule has 2 aromatic rings. The SMILES string of the molecule is CCNC(=NCC(O)c1ccc(Cl)cc1)NC1CCN(c2cc(OC)cc(OC)c2)C1. The van der Waals surface area contributed by atoms with Crippen LogP contribution in [0.2, 0.25) is 5.02 Å². The number of hydrogen-bond donors (Lipinski definition) is 3. The van der Waals surface area contributed by atoms with E-state index in [4.69, 9.17) is 21.1 Å². The van der Waals surface area contributed by atoms with Crippen LogP contribution in [0.1, 0.15) is 25.0 Å². The zero-order chi connectivity index (χ0) is 22.2. The number of hydrogen-bond acceptors (Lipinski definition) is 5. The maximum atomic E-state index is 10.4. The number of nitrogens with zero attached hydrogens (tertiary/aromatic N) is 2. The number of guanidine groups is 1. The molecule has 1 heterocycles. The van der Waals surface area contributed by atoms with Gasteiger partial charge in [-0.05, 0) is 31.0 Å². The molecule has 3 rings (SSSR count). The highest BCUT2D eigenvalue weighted by molar-refractivity contribution is 6.30. The van der Waals surface area contributed by atoms with E-state index in [0.29, 0.717) is 11.0 Å². The Morgan fingerprint density at radius 3 is 2.48 bits per heavy atom. The summed E-state index contributed by atoms with van der Waals surface area (Å²) in [5.74, 6) is 2.25. The van der Waals surface area contributed by atoms with Crippen LogP contribution in [0, 0.1) is 0 Å². The second kappa shape index (κ2) is 11.1. The van der Waals surface area contributed by atoms with Crippen LogP contribution in [0.4, 0.5) is 5.69 Å². The molecule has 0 bridgehead atoms. The fourth-order valence-corrected chi connectivity index (χ4v) is 3.70. The Bertz CT molecular complexity index is 853. The van der Waals surface area contributed by atoms with Crippen molar-refractivity contribution in [3.05, 3.63) is 53.1 Å². The summed E-state index contributed by atoms with van der Waals surface area (Å²) in [4.78, 5) is 6.88. The molecule has 0 aliphatic carbocycles. The van der Waals surface area contributed by atoms with E-state index in [1.54, 1.807) is 26.4 Å². The summed E-state index contributed by atoms with van der Waals surface area (Å²) in [6, 6.07) is 13.3. The molecule has 168 valence electrons. The average Bonchev–Trinajstić information content (AvgIpc) is 3.26. The smallest absolute Gasteiger partial charge is 0.191 e. The first-order valence-electron chi connectivity index (χ1n) is 10.5. The maximum Gasteiger partial charge on any atom is 0.191 e. The molecule has 1 aliphatic rings. The molecule has 8 heteroatoms. The van der Waals surface area contributed by atoms with Crippen LogP contribution in [0.5, 0.6) is 11.5 Å². The largest absolute Gasteiger partial charge is 0.497 e. The van der Waals surface area contributed by atoms with Crippen molar-refractivity contribution < 1.29 is 14.6 Å². The number of methoxy groups -OCH3 is 2. The molecule has 0 saturated carbocycles. The number of benzene rings is 2. The van der Waals surface area contributed by atoms with Gasteiger partial charge < -0.3 is 30.1 Å². The third-order valence-corrected chi connectivity index (χ3v) is 5.50.